The number of ether oxygens (including phenoxy) is 2. The lowest BCUT2D eigenvalue weighted by atomic mass is 9.97. The van der Waals surface area contributed by atoms with Gasteiger partial charge in [0.05, 0.1) is 41.7 Å². The third kappa shape index (κ3) is 4.79. The van der Waals surface area contributed by atoms with Gasteiger partial charge in [0.25, 0.3) is 5.91 Å². The van der Waals surface area contributed by atoms with E-state index < -0.39 is 27.8 Å². The molecule has 2 atom stereocenters. The lowest BCUT2D eigenvalue weighted by molar-refractivity contribution is 0.0662. The lowest BCUT2D eigenvalue weighted by Crippen LogP contribution is -2.40. The molecule has 202 valence electrons. The van der Waals surface area contributed by atoms with Crippen LogP contribution < -0.4 is 14.9 Å². The molecular weight excluding hydrogens is 506 g/mol. The number of hydrogen-bond acceptors (Lipinski definition) is 7. The van der Waals surface area contributed by atoms with E-state index in [4.69, 9.17) is 13.9 Å². The Bertz CT molecular complexity index is 1560. The third-order valence-electron chi connectivity index (χ3n) is 7.20. The molecule has 3 aromatic rings. The molecule has 0 N–H and O–H groups in total. The van der Waals surface area contributed by atoms with Crippen LogP contribution in [0.2, 0.25) is 0 Å². The summed E-state index contributed by atoms with van der Waals surface area (Å²) in [7, 11) is -3.29. The second-order valence-electron chi connectivity index (χ2n) is 10.5. The summed E-state index contributed by atoms with van der Waals surface area (Å²) >= 11 is 0. The van der Waals surface area contributed by atoms with Crippen molar-refractivity contribution >= 4 is 26.7 Å². The largest absolute Gasteiger partial charge is 0.490 e. The molecule has 0 spiro atoms. The van der Waals surface area contributed by atoms with Gasteiger partial charge in [0.2, 0.25) is 5.76 Å². The summed E-state index contributed by atoms with van der Waals surface area (Å²) in [5.41, 5.74) is 1.80. The van der Waals surface area contributed by atoms with E-state index >= 15 is 0 Å². The maximum Gasteiger partial charge on any atom is 0.291 e. The number of rotatable bonds is 8. The molecular formula is C29H33NO7S. The minimum Gasteiger partial charge on any atom is -0.490 e. The van der Waals surface area contributed by atoms with E-state index in [9.17, 15) is 18.0 Å². The summed E-state index contributed by atoms with van der Waals surface area (Å²) in [6.07, 6.45) is 1.19. The minimum atomic E-state index is -3.29. The predicted molar refractivity (Wildman–Crippen MR) is 145 cm³/mol. The number of amides is 1. The van der Waals surface area contributed by atoms with E-state index in [0.29, 0.717) is 53.6 Å². The van der Waals surface area contributed by atoms with Crippen molar-refractivity contribution in [3.63, 3.8) is 0 Å². The van der Waals surface area contributed by atoms with E-state index in [1.54, 1.807) is 24.3 Å². The van der Waals surface area contributed by atoms with Crippen molar-refractivity contribution in [1.82, 2.24) is 4.90 Å². The van der Waals surface area contributed by atoms with Crippen LogP contribution in [0, 0.1) is 12.8 Å². The molecule has 1 fully saturated rings. The molecule has 9 heteroatoms. The van der Waals surface area contributed by atoms with Gasteiger partial charge in [0, 0.05) is 6.04 Å². The average Bonchev–Trinajstić information content (AvgIpc) is 3.36. The molecule has 3 heterocycles. The lowest BCUT2D eigenvalue weighted by Gasteiger charge is -2.30. The monoisotopic (exact) mass is 539 g/mol. The Morgan fingerprint density at radius 1 is 1.08 bits per heavy atom. The van der Waals surface area contributed by atoms with E-state index in [0.717, 1.165) is 12.0 Å². The molecule has 38 heavy (non-hydrogen) atoms. The number of nitrogens with zero attached hydrogens (tertiary/aromatic N) is 1. The van der Waals surface area contributed by atoms with Crippen LogP contribution in [0.4, 0.5) is 0 Å². The number of carbonyl (C=O) groups excluding carboxylic acids is 1. The van der Waals surface area contributed by atoms with Crippen molar-refractivity contribution < 1.29 is 27.1 Å². The molecule has 1 aromatic heterocycles. The van der Waals surface area contributed by atoms with Gasteiger partial charge in [0.15, 0.2) is 26.8 Å². The van der Waals surface area contributed by atoms with E-state index in [2.05, 4.69) is 13.8 Å². The number of carbonyl (C=O) groups is 1. The Morgan fingerprint density at radius 3 is 2.55 bits per heavy atom. The molecule has 0 bridgehead atoms. The molecule has 0 aliphatic carbocycles. The second-order valence-corrected chi connectivity index (χ2v) is 12.7. The number of hydrogen-bond donors (Lipinski definition) is 0. The highest BCUT2D eigenvalue weighted by molar-refractivity contribution is 7.91. The minimum absolute atomic E-state index is 0.000117. The quantitative estimate of drug-likeness (QED) is 0.410. The first kappa shape index (κ1) is 26.3. The molecule has 0 radical (unpaired) electrons. The maximum atomic E-state index is 13.9. The molecule has 2 aliphatic heterocycles. The molecule has 5 rings (SSSR count). The summed E-state index contributed by atoms with van der Waals surface area (Å²) in [6.45, 7) is 8.94. The Morgan fingerprint density at radius 2 is 1.87 bits per heavy atom. The molecule has 1 amide bonds. The van der Waals surface area contributed by atoms with Crippen LogP contribution in [0.5, 0.6) is 11.5 Å². The van der Waals surface area contributed by atoms with Crippen molar-refractivity contribution in [2.45, 2.75) is 52.6 Å². The average molecular weight is 540 g/mol. The van der Waals surface area contributed by atoms with Crippen molar-refractivity contribution in [3.8, 4) is 11.5 Å². The maximum absolute atomic E-state index is 13.9. The first-order valence-corrected chi connectivity index (χ1v) is 14.9. The Hall–Kier alpha value is -3.33. The van der Waals surface area contributed by atoms with Crippen LogP contribution >= 0.6 is 0 Å². The Labute approximate surface area is 222 Å². The predicted octanol–water partition coefficient (Wildman–Crippen LogP) is 4.66. The van der Waals surface area contributed by atoms with Crippen LogP contribution in [0.3, 0.4) is 0 Å². The van der Waals surface area contributed by atoms with Crippen LogP contribution in [-0.4, -0.2) is 50.0 Å². The number of aryl methyl sites for hydroxylation is 1. The van der Waals surface area contributed by atoms with Gasteiger partial charge in [0.1, 0.15) is 5.58 Å². The Balaban J connectivity index is 1.66. The number of benzene rings is 2. The van der Waals surface area contributed by atoms with Crippen LogP contribution in [-0.2, 0) is 9.84 Å². The van der Waals surface area contributed by atoms with E-state index in [1.807, 2.05) is 26.0 Å². The number of sulfone groups is 1. The fraction of sp³-hybridized carbons (Fsp3) is 0.448. The van der Waals surface area contributed by atoms with Gasteiger partial charge in [-0.2, -0.15) is 0 Å². The summed E-state index contributed by atoms with van der Waals surface area (Å²) in [5.74, 6) is 0.925. The molecule has 2 aliphatic rings. The fourth-order valence-corrected chi connectivity index (χ4v) is 7.00. The smallest absolute Gasteiger partial charge is 0.291 e. The zero-order valence-corrected chi connectivity index (χ0v) is 23.0. The van der Waals surface area contributed by atoms with Gasteiger partial charge in [-0.05, 0) is 62.4 Å². The molecule has 1 saturated heterocycles. The SMILES string of the molecule is CCOc1cc(C2c3c(oc4ccc(C)cc4c3=O)C(=O)N2C2CCS(=O)(=O)C2)ccc1OCCC(C)C. The van der Waals surface area contributed by atoms with Gasteiger partial charge in [-0.1, -0.05) is 31.5 Å². The van der Waals surface area contributed by atoms with Gasteiger partial charge >= 0.3 is 0 Å². The van der Waals surface area contributed by atoms with E-state index in [-0.39, 0.29) is 28.3 Å². The van der Waals surface area contributed by atoms with Gasteiger partial charge in [-0.15, -0.1) is 0 Å². The van der Waals surface area contributed by atoms with Crippen LogP contribution in [0.15, 0.2) is 45.6 Å². The summed E-state index contributed by atoms with van der Waals surface area (Å²) in [6, 6.07) is 9.29. The van der Waals surface area contributed by atoms with Crippen molar-refractivity contribution in [2.24, 2.45) is 5.92 Å². The highest BCUT2D eigenvalue weighted by Crippen LogP contribution is 2.43. The van der Waals surface area contributed by atoms with Crippen molar-refractivity contribution in [2.75, 3.05) is 24.7 Å². The zero-order chi connectivity index (χ0) is 27.2. The third-order valence-corrected chi connectivity index (χ3v) is 8.95. The van der Waals surface area contributed by atoms with Gasteiger partial charge < -0.3 is 18.8 Å². The Kier molecular flexibility index (Phi) is 6.98. The number of fused-ring (bicyclic) bond motifs is 2. The highest BCUT2D eigenvalue weighted by Gasteiger charge is 2.48. The first-order chi connectivity index (χ1) is 18.1. The normalized spacial score (nSPS) is 20.3. The van der Waals surface area contributed by atoms with Crippen molar-refractivity contribution in [3.05, 3.63) is 69.1 Å². The van der Waals surface area contributed by atoms with Gasteiger partial charge in [-0.25, -0.2) is 8.42 Å². The highest BCUT2D eigenvalue weighted by atomic mass is 32.2. The van der Waals surface area contributed by atoms with E-state index in [1.165, 1.54) is 4.90 Å². The summed E-state index contributed by atoms with van der Waals surface area (Å²) in [5, 5.41) is 0.390. The molecule has 8 nitrogen and oxygen atoms in total. The van der Waals surface area contributed by atoms with Crippen LogP contribution in [0.25, 0.3) is 11.0 Å². The van der Waals surface area contributed by atoms with Crippen LogP contribution in [0.1, 0.15) is 66.9 Å². The molecule has 0 saturated carbocycles. The standard InChI is InChI=1S/C29H33NO7S/c1-5-35-24-15-19(7-9-23(24)36-12-10-17(2)3)26-25-27(31)21-14-18(4)6-8-22(21)37-28(25)29(32)30(26)20-11-13-38(33,34)16-20/h6-9,14-15,17,20,26H,5,10-13,16H2,1-4H3. The fourth-order valence-electron chi connectivity index (χ4n) is 5.29. The molecule has 2 unspecified atom stereocenters. The topological polar surface area (TPSA) is 103 Å². The summed E-state index contributed by atoms with van der Waals surface area (Å²) in [4.78, 5) is 29.1. The molecule has 2 aromatic carbocycles. The van der Waals surface area contributed by atoms with Gasteiger partial charge in [-0.3, -0.25) is 9.59 Å². The van der Waals surface area contributed by atoms with Crippen molar-refractivity contribution in [1.29, 1.82) is 0 Å². The summed E-state index contributed by atoms with van der Waals surface area (Å²) < 4.78 is 42.7. The first-order valence-electron chi connectivity index (χ1n) is 13.1. The second kappa shape index (κ2) is 10.1. The zero-order valence-electron chi connectivity index (χ0n) is 22.2.